The molecule has 1 N–H and O–H groups in total. The number of benzene rings is 1. The van der Waals surface area contributed by atoms with E-state index < -0.39 is 0 Å². The highest BCUT2D eigenvalue weighted by molar-refractivity contribution is 5.95. The molecule has 2 unspecified atom stereocenters. The van der Waals surface area contributed by atoms with Crippen molar-refractivity contribution in [2.45, 2.75) is 32.1 Å². The van der Waals surface area contributed by atoms with Gasteiger partial charge in [0.05, 0.1) is 0 Å². The van der Waals surface area contributed by atoms with E-state index in [1.54, 1.807) is 6.07 Å². The summed E-state index contributed by atoms with van der Waals surface area (Å²) in [7, 11) is 0. The lowest BCUT2D eigenvalue weighted by molar-refractivity contribution is -0.131. The third-order valence-electron chi connectivity index (χ3n) is 6.04. The van der Waals surface area contributed by atoms with Crippen molar-refractivity contribution >= 4 is 17.5 Å². The first kappa shape index (κ1) is 15.0. The van der Waals surface area contributed by atoms with Crippen molar-refractivity contribution in [2.75, 3.05) is 25.2 Å². The van der Waals surface area contributed by atoms with Gasteiger partial charge in [-0.3, -0.25) is 9.59 Å². The van der Waals surface area contributed by atoms with Gasteiger partial charge in [-0.2, -0.15) is 0 Å². The molecule has 1 aromatic carbocycles. The molecule has 4 aliphatic rings. The number of rotatable bonds is 4. The van der Waals surface area contributed by atoms with E-state index in [9.17, 15) is 9.59 Å². The fourth-order valence-corrected chi connectivity index (χ4v) is 4.18. The molecule has 2 aliphatic carbocycles. The number of carbonyl (C=O) groups is 2. The number of likely N-dealkylation sites (tertiary alicyclic amines) is 1. The van der Waals surface area contributed by atoms with Gasteiger partial charge in [0.2, 0.25) is 18.6 Å². The third-order valence-corrected chi connectivity index (χ3v) is 6.04. The highest BCUT2D eigenvalue weighted by atomic mass is 16.7. The van der Waals surface area contributed by atoms with Crippen molar-refractivity contribution in [3.63, 3.8) is 0 Å². The second-order valence-electron chi connectivity index (χ2n) is 7.89. The average Bonchev–Trinajstić information content (AvgIpc) is 3.42. The first-order valence-electron chi connectivity index (χ1n) is 9.11. The summed E-state index contributed by atoms with van der Waals surface area (Å²) in [4.78, 5) is 26.9. The normalized spacial score (nSPS) is 29.1. The van der Waals surface area contributed by atoms with E-state index in [0.717, 1.165) is 31.6 Å². The van der Waals surface area contributed by atoms with Crippen LogP contribution < -0.4 is 14.8 Å². The van der Waals surface area contributed by atoms with Crippen LogP contribution in [0.4, 0.5) is 5.69 Å². The molecule has 0 aromatic heterocycles. The number of nitrogens with zero attached hydrogens (tertiary/aromatic N) is 1. The van der Waals surface area contributed by atoms with Crippen LogP contribution in [0.2, 0.25) is 0 Å². The van der Waals surface area contributed by atoms with Gasteiger partial charge < -0.3 is 19.7 Å². The summed E-state index contributed by atoms with van der Waals surface area (Å²) in [5.41, 5.74) is 0.746. The Morgan fingerprint density at radius 3 is 2.92 bits per heavy atom. The van der Waals surface area contributed by atoms with Gasteiger partial charge in [0.1, 0.15) is 0 Å². The van der Waals surface area contributed by atoms with Gasteiger partial charge in [0, 0.05) is 42.6 Å². The van der Waals surface area contributed by atoms with Gasteiger partial charge in [-0.1, -0.05) is 0 Å². The Morgan fingerprint density at radius 1 is 1.24 bits per heavy atom. The highest BCUT2D eigenvalue weighted by Gasteiger charge is 2.61. The standard InChI is InChI=1S/C19H22N2O4/c22-17(7-12-1-2-12)21-6-5-19(10-21)9-14(19)18(23)20-13-3-4-15-16(8-13)25-11-24-15/h3-4,8,12,14H,1-2,5-7,9-11H2,(H,20,23). The molecule has 2 heterocycles. The molecule has 1 spiro atoms. The van der Waals surface area contributed by atoms with E-state index in [4.69, 9.17) is 9.47 Å². The lowest BCUT2D eigenvalue weighted by Gasteiger charge is -2.16. The van der Waals surface area contributed by atoms with Crippen LogP contribution in [0.1, 0.15) is 32.1 Å². The van der Waals surface area contributed by atoms with E-state index >= 15 is 0 Å². The fraction of sp³-hybridized carbons (Fsp3) is 0.579. The first-order chi connectivity index (χ1) is 12.1. The van der Waals surface area contributed by atoms with Gasteiger partial charge in [-0.05, 0) is 43.7 Å². The van der Waals surface area contributed by atoms with E-state index in [0.29, 0.717) is 23.8 Å². The zero-order valence-electron chi connectivity index (χ0n) is 14.1. The molecule has 0 bridgehead atoms. The molecule has 2 saturated carbocycles. The molecule has 5 rings (SSSR count). The summed E-state index contributed by atoms with van der Waals surface area (Å²) < 4.78 is 10.6. The lowest BCUT2D eigenvalue weighted by Crippen LogP contribution is -2.30. The number of amides is 2. The zero-order valence-corrected chi connectivity index (χ0v) is 14.1. The van der Waals surface area contributed by atoms with Gasteiger partial charge in [0.15, 0.2) is 11.5 Å². The van der Waals surface area contributed by atoms with Crippen molar-refractivity contribution in [1.29, 1.82) is 0 Å². The second-order valence-corrected chi connectivity index (χ2v) is 7.89. The number of fused-ring (bicyclic) bond motifs is 1. The number of nitrogens with one attached hydrogen (secondary N) is 1. The van der Waals surface area contributed by atoms with E-state index in [1.165, 1.54) is 12.8 Å². The predicted octanol–water partition coefficient (Wildman–Crippen LogP) is 2.39. The Balaban J connectivity index is 1.19. The smallest absolute Gasteiger partial charge is 0.231 e. The monoisotopic (exact) mass is 342 g/mol. The molecule has 3 fully saturated rings. The van der Waals surface area contributed by atoms with Crippen molar-refractivity contribution in [1.82, 2.24) is 4.90 Å². The van der Waals surface area contributed by atoms with Crippen LogP contribution in [0.15, 0.2) is 18.2 Å². The summed E-state index contributed by atoms with van der Waals surface area (Å²) in [5, 5.41) is 2.99. The Morgan fingerprint density at radius 2 is 2.08 bits per heavy atom. The minimum absolute atomic E-state index is 0.0108. The summed E-state index contributed by atoms with van der Waals surface area (Å²) in [5.74, 6) is 2.34. The Labute approximate surface area is 146 Å². The van der Waals surface area contributed by atoms with Crippen molar-refractivity contribution in [3.05, 3.63) is 18.2 Å². The van der Waals surface area contributed by atoms with Crippen LogP contribution in [0.5, 0.6) is 11.5 Å². The van der Waals surface area contributed by atoms with E-state index in [1.807, 2.05) is 17.0 Å². The molecule has 6 nitrogen and oxygen atoms in total. The van der Waals surface area contributed by atoms with Gasteiger partial charge in [0.25, 0.3) is 0 Å². The number of hydrogen-bond acceptors (Lipinski definition) is 4. The van der Waals surface area contributed by atoms with Crippen molar-refractivity contribution in [2.24, 2.45) is 17.3 Å². The molecule has 1 saturated heterocycles. The van der Waals surface area contributed by atoms with E-state index in [2.05, 4.69) is 5.32 Å². The summed E-state index contributed by atoms with van der Waals surface area (Å²) in [6.07, 6.45) is 4.93. The van der Waals surface area contributed by atoms with Crippen molar-refractivity contribution in [3.8, 4) is 11.5 Å². The number of anilines is 1. The molecule has 0 radical (unpaired) electrons. The van der Waals surface area contributed by atoms with E-state index in [-0.39, 0.29) is 29.9 Å². The summed E-state index contributed by atoms with van der Waals surface area (Å²) in [6.45, 7) is 1.78. The maximum Gasteiger partial charge on any atom is 0.231 e. The minimum atomic E-state index is 0.0108. The molecular formula is C19H22N2O4. The molecular weight excluding hydrogens is 320 g/mol. The Hall–Kier alpha value is -2.24. The minimum Gasteiger partial charge on any atom is -0.454 e. The largest absolute Gasteiger partial charge is 0.454 e. The predicted molar refractivity (Wildman–Crippen MR) is 90.3 cm³/mol. The highest BCUT2D eigenvalue weighted by Crippen LogP contribution is 2.59. The van der Waals surface area contributed by atoms with Crippen molar-refractivity contribution < 1.29 is 19.1 Å². The van der Waals surface area contributed by atoms with Crippen LogP contribution in [0.25, 0.3) is 0 Å². The lowest BCUT2D eigenvalue weighted by atomic mass is 10.0. The van der Waals surface area contributed by atoms with Gasteiger partial charge in [-0.25, -0.2) is 0 Å². The van der Waals surface area contributed by atoms with Crippen LogP contribution in [-0.2, 0) is 9.59 Å². The molecule has 132 valence electrons. The SMILES string of the molecule is O=C(Nc1ccc2c(c1)OCO2)C1CC12CCN(C(=O)CC1CC1)C2. The van der Waals surface area contributed by atoms with Crippen LogP contribution in [0, 0.1) is 17.3 Å². The van der Waals surface area contributed by atoms with Crippen LogP contribution in [0.3, 0.4) is 0 Å². The molecule has 25 heavy (non-hydrogen) atoms. The number of carbonyl (C=O) groups excluding carboxylic acids is 2. The fourth-order valence-electron chi connectivity index (χ4n) is 4.18. The maximum atomic E-state index is 12.6. The molecule has 2 atom stereocenters. The molecule has 2 amide bonds. The van der Waals surface area contributed by atoms with Crippen LogP contribution in [-0.4, -0.2) is 36.6 Å². The zero-order chi connectivity index (χ0) is 17.0. The third kappa shape index (κ3) is 2.73. The average molecular weight is 342 g/mol. The Bertz CT molecular complexity index is 745. The number of ether oxygens (including phenoxy) is 2. The van der Waals surface area contributed by atoms with Crippen LogP contribution >= 0.6 is 0 Å². The first-order valence-corrected chi connectivity index (χ1v) is 9.11. The molecule has 1 aromatic rings. The second kappa shape index (κ2) is 5.38. The van der Waals surface area contributed by atoms with Gasteiger partial charge >= 0.3 is 0 Å². The molecule has 6 heteroatoms. The molecule has 2 aliphatic heterocycles. The Kier molecular flexibility index (Phi) is 3.24. The quantitative estimate of drug-likeness (QED) is 0.912. The number of hydrogen-bond donors (Lipinski definition) is 1. The maximum absolute atomic E-state index is 12.6. The summed E-state index contributed by atoms with van der Waals surface area (Å²) >= 11 is 0. The topological polar surface area (TPSA) is 67.9 Å². The van der Waals surface area contributed by atoms with Gasteiger partial charge in [-0.15, -0.1) is 0 Å². The summed E-state index contributed by atoms with van der Waals surface area (Å²) in [6, 6.07) is 5.45.